The number of hydrogen-bond donors (Lipinski definition) is 0. The lowest BCUT2D eigenvalue weighted by Crippen LogP contribution is -2.39. The summed E-state index contributed by atoms with van der Waals surface area (Å²) in [5.74, 6) is 0. The molecule has 1 aromatic carbocycles. The quantitative estimate of drug-likeness (QED) is 0.704. The van der Waals surface area contributed by atoms with Crippen LogP contribution in [0.15, 0.2) is 22.7 Å². The number of halogens is 1. The Morgan fingerprint density at radius 2 is 1.94 bits per heavy atom. The van der Waals surface area contributed by atoms with Gasteiger partial charge in [-0.15, -0.1) is 0 Å². The molecule has 2 heteroatoms. The number of hydrogen-bond acceptors (Lipinski definition) is 1. The minimum atomic E-state index is 0.516. The number of fused-ring (bicyclic) bond motifs is 2. The third-order valence-electron chi connectivity index (χ3n) is 4.46. The Labute approximate surface area is 106 Å². The van der Waals surface area contributed by atoms with Crippen molar-refractivity contribution in [2.45, 2.75) is 31.1 Å². The third kappa shape index (κ3) is 1.63. The van der Waals surface area contributed by atoms with Crippen LogP contribution in [-0.2, 0) is 11.8 Å². The number of piperidine rings is 1. The van der Waals surface area contributed by atoms with Crippen molar-refractivity contribution < 1.29 is 0 Å². The fourth-order valence-corrected chi connectivity index (χ4v) is 3.77. The van der Waals surface area contributed by atoms with Crippen molar-refractivity contribution in [3.63, 3.8) is 0 Å². The standard InChI is InChI=1S/C14H18BrN/c1-16-8-6-14(7-9-16)5-4-11-10-12(15)2-3-13(11)14/h2-3,10H,4-9H2,1H3. The van der Waals surface area contributed by atoms with E-state index in [4.69, 9.17) is 0 Å². The molecule has 0 N–H and O–H groups in total. The first-order chi connectivity index (χ1) is 7.70. The minimum absolute atomic E-state index is 0.516. The fourth-order valence-electron chi connectivity index (χ4n) is 3.36. The van der Waals surface area contributed by atoms with Gasteiger partial charge in [0.2, 0.25) is 0 Å². The Hall–Kier alpha value is -0.340. The Balaban J connectivity index is 1.96. The molecule has 1 aliphatic heterocycles. The number of likely N-dealkylation sites (tertiary alicyclic amines) is 1. The normalized spacial score (nSPS) is 23.6. The van der Waals surface area contributed by atoms with Gasteiger partial charge in [-0.05, 0) is 74.5 Å². The smallest absolute Gasteiger partial charge is 0.0178 e. The van der Waals surface area contributed by atoms with Crippen LogP contribution in [-0.4, -0.2) is 25.0 Å². The van der Waals surface area contributed by atoms with Crippen molar-refractivity contribution in [1.29, 1.82) is 0 Å². The van der Waals surface area contributed by atoms with Crippen molar-refractivity contribution in [1.82, 2.24) is 4.90 Å². The number of benzene rings is 1. The second-order valence-electron chi connectivity index (χ2n) is 5.39. The zero-order valence-corrected chi connectivity index (χ0v) is 11.4. The van der Waals surface area contributed by atoms with E-state index >= 15 is 0 Å². The van der Waals surface area contributed by atoms with E-state index in [1.54, 1.807) is 11.1 Å². The lowest BCUT2D eigenvalue weighted by atomic mass is 9.74. The number of nitrogens with zero attached hydrogens (tertiary/aromatic N) is 1. The van der Waals surface area contributed by atoms with Gasteiger partial charge < -0.3 is 4.90 Å². The third-order valence-corrected chi connectivity index (χ3v) is 4.95. The molecule has 0 aromatic heterocycles. The predicted molar refractivity (Wildman–Crippen MR) is 70.9 cm³/mol. The molecular formula is C14H18BrN. The molecule has 16 heavy (non-hydrogen) atoms. The van der Waals surface area contributed by atoms with E-state index in [2.05, 4.69) is 46.1 Å². The summed E-state index contributed by atoms with van der Waals surface area (Å²) in [6.45, 7) is 2.52. The van der Waals surface area contributed by atoms with E-state index in [0.717, 1.165) is 0 Å². The maximum absolute atomic E-state index is 3.58. The van der Waals surface area contributed by atoms with Gasteiger partial charge in [0.25, 0.3) is 0 Å². The highest BCUT2D eigenvalue weighted by Gasteiger charge is 2.40. The van der Waals surface area contributed by atoms with Crippen molar-refractivity contribution >= 4 is 15.9 Å². The van der Waals surface area contributed by atoms with Gasteiger partial charge in [-0.25, -0.2) is 0 Å². The highest BCUT2D eigenvalue weighted by atomic mass is 79.9. The molecule has 0 bridgehead atoms. The van der Waals surface area contributed by atoms with Crippen molar-refractivity contribution in [3.05, 3.63) is 33.8 Å². The summed E-state index contributed by atoms with van der Waals surface area (Å²) in [5.41, 5.74) is 3.74. The molecule has 0 radical (unpaired) electrons. The Bertz CT molecular complexity index is 405. The molecule has 0 amide bonds. The zero-order valence-electron chi connectivity index (χ0n) is 9.80. The van der Waals surface area contributed by atoms with Crippen LogP contribution in [0, 0.1) is 0 Å². The van der Waals surface area contributed by atoms with Gasteiger partial charge in [-0.3, -0.25) is 0 Å². The molecule has 1 nitrogen and oxygen atoms in total. The van der Waals surface area contributed by atoms with Gasteiger partial charge in [-0.2, -0.15) is 0 Å². The van der Waals surface area contributed by atoms with Gasteiger partial charge in [0, 0.05) is 4.47 Å². The lowest BCUT2D eigenvalue weighted by Gasteiger charge is -2.38. The van der Waals surface area contributed by atoms with E-state index in [1.165, 1.54) is 43.2 Å². The highest BCUT2D eigenvalue weighted by Crippen LogP contribution is 2.46. The maximum atomic E-state index is 3.58. The van der Waals surface area contributed by atoms with Crippen LogP contribution in [0.4, 0.5) is 0 Å². The molecule has 3 rings (SSSR count). The van der Waals surface area contributed by atoms with E-state index < -0.39 is 0 Å². The second kappa shape index (κ2) is 3.85. The van der Waals surface area contributed by atoms with Gasteiger partial charge in [-0.1, -0.05) is 22.0 Å². The highest BCUT2D eigenvalue weighted by molar-refractivity contribution is 9.10. The molecule has 1 aromatic rings. The Kier molecular flexibility index (Phi) is 2.60. The van der Waals surface area contributed by atoms with Gasteiger partial charge >= 0.3 is 0 Å². The molecule has 86 valence electrons. The van der Waals surface area contributed by atoms with E-state index in [0.29, 0.717) is 5.41 Å². The first-order valence-corrected chi connectivity index (χ1v) is 6.96. The zero-order chi connectivity index (χ0) is 11.2. The molecular weight excluding hydrogens is 262 g/mol. The number of rotatable bonds is 0. The first kappa shape index (κ1) is 10.8. The largest absolute Gasteiger partial charge is 0.306 e. The lowest BCUT2D eigenvalue weighted by molar-refractivity contribution is 0.187. The summed E-state index contributed by atoms with van der Waals surface area (Å²) < 4.78 is 1.23. The molecule has 1 fully saturated rings. The van der Waals surface area contributed by atoms with Crippen molar-refractivity contribution in [2.24, 2.45) is 0 Å². The summed E-state index contributed by atoms with van der Waals surface area (Å²) in [5, 5.41) is 0. The predicted octanol–water partition coefficient (Wildman–Crippen LogP) is 3.36. The first-order valence-electron chi connectivity index (χ1n) is 6.17. The van der Waals surface area contributed by atoms with E-state index in [9.17, 15) is 0 Å². The molecule has 1 heterocycles. The molecule has 0 atom stereocenters. The van der Waals surface area contributed by atoms with Crippen LogP contribution in [0.5, 0.6) is 0 Å². The maximum Gasteiger partial charge on any atom is 0.0178 e. The van der Waals surface area contributed by atoms with Crippen LogP contribution < -0.4 is 0 Å². The van der Waals surface area contributed by atoms with Crippen molar-refractivity contribution in [2.75, 3.05) is 20.1 Å². The fraction of sp³-hybridized carbons (Fsp3) is 0.571. The van der Waals surface area contributed by atoms with Gasteiger partial charge in [0.1, 0.15) is 0 Å². The van der Waals surface area contributed by atoms with Crippen LogP contribution >= 0.6 is 15.9 Å². The Morgan fingerprint density at radius 3 is 2.69 bits per heavy atom. The van der Waals surface area contributed by atoms with Crippen molar-refractivity contribution in [3.8, 4) is 0 Å². The van der Waals surface area contributed by atoms with Crippen LogP contribution in [0.25, 0.3) is 0 Å². The average Bonchev–Trinajstić information content (AvgIpc) is 2.62. The van der Waals surface area contributed by atoms with E-state index in [1.807, 2.05) is 0 Å². The second-order valence-corrected chi connectivity index (χ2v) is 6.30. The molecule has 1 saturated heterocycles. The van der Waals surface area contributed by atoms with Gasteiger partial charge in [0.15, 0.2) is 0 Å². The monoisotopic (exact) mass is 279 g/mol. The Morgan fingerprint density at radius 1 is 1.19 bits per heavy atom. The SMILES string of the molecule is CN1CCC2(CCc3cc(Br)ccc32)CC1. The van der Waals surface area contributed by atoms with Crippen LogP contribution in [0.2, 0.25) is 0 Å². The molecule has 1 spiro atoms. The number of aryl methyl sites for hydroxylation is 1. The summed E-state index contributed by atoms with van der Waals surface area (Å²) in [6.07, 6.45) is 5.33. The van der Waals surface area contributed by atoms with E-state index in [-0.39, 0.29) is 0 Å². The molecule has 0 unspecified atom stereocenters. The minimum Gasteiger partial charge on any atom is -0.306 e. The summed E-state index contributed by atoms with van der Waals surface area (Å²) in [7, 11) is 2.24. The molecule has 1 aliphatic carbocycles. The summed E-state index contributed by atoms with van der Waals surface area (Å²) in [6, 6.07) is 6.89. The van der Waals surface area contributed by atoms with Gasteiger partial charge in [0.05, 0.1) is 0 Å². The topological polar surface area (TPSA) is 3.24 Å². The summed E-state index contributed by atoms with van der Waals surface area (Å²) >= 11 is 3.58. The molecule has 2 aliphatic rings. The van der Waals surface area contributed by atoms with Crippen LogP contribution in [0.1, 0.15) is 30.4 Å². The van der Waals surface area contributed by atoms with Crippen LogP contribution in [0.3, 0.4) is 0 Å². The summed E-state index contributed by atoms with van der Waals surface area (Å²) in [4.78, 5) is 2.46. The average molecular weight is 280 g/mol. The molecule has 0 saturated carbocycles.